The molecule has 2 aromatic rings. The molecule has 0 spiro atoms. The van der Waals surface area contributed by atoms with Crippen LogP contribution in [0.3, 0.4) is 0 Å². The molecule has 1 atom stereocenters. The fourth-order valence-corrected chi connectivity index (χ4v) is 3.22. The number of hydrogen-bond acceptors (Lipinski definition) is 4. The molecule has 0 saturated carbocycles. The molecule has 1 saturated heterocycles. The molecule has 0 aliphatic carbocycles. The molecular weight excluding hydrogens is 380 g/mol. The Morgan fingerprint density at radius 1 is 1.25 bits per heavy atom. The molecule has 1 aromatic carbocycles. The molecule has 28 heavy (non-hydrogen) atoms. The lowest BCUT2D eigenvalue weighted by molar-refractivity contribution is -0.133. The van der Waals surface area contributed by atoms with Gasteiger partial charge >= 0.3 is 6.03 Å². The van der Waals surface area contributed by atoms with Gasteiger partial charge in [-0.05, 0) is 36.1 Å². The number of imide groups is 1. The Bertz CT molecular complexity index is 929. The third kappa shape index (κ3) is 3.71. The van der Waals surface area contributed by atoms with Gasteiger partial charge in [-0.1, -0.05) is 49.7 Å². The predicted molar refractivity (Wildman–Crippen MR) is 106 cm³/mol. The Morgan fingerprint density at radius 2 is 1.93 bits per heavy atom. The zero-order chi connectivity index (χ0) is 20.5. The maximum absolute atomic E-state index is 12.9. The summed E-state index contributed by atoms with van der Waals surface area (Å²) in [7, 11) is 0. The number of urea groups is 1. The quantitative estimate of drug-likeness (QED) is 0.595. The fourth-order valence-electron chi connectivity index (χ4n) is 3.05. The maximum atomic E-state index is 12.9. The van der Waals surface area contributed by atoms with E-state index in [0.717, 1.165) is 10.5 Å². The second kappa shape index (κ2) is 7.59. The molecule has 8 heteroatoms. The van der Waals surface area contributed by atoms with E-state index in [4.69, 9.17) is 11.6 Å². The van der Waals surface area contributed by atoms with E-state index in [1.54, 1.807) is 19.1 Å². The van der Waals surface area contributed by atoms with Gasteiger partial charge in [0.15, 0.2) is 5.15 Å². The molecule has 7 nitrogen and oxygen atoms in total. The van der Waals surface area contributed by atoms with Gasteiger partial charge in [0.2, 0.25) is 5.91 Å². The van der Waals surface area contributed by atoms with Crippen molar-refractivity contribution in [3.05, 3.63) is 58.9 Å². The third-order valence-corrected chi connectivity index (χ3v) is 5.07. The molecule has 0 radical (unpaired) electrons. The van der Waals surface area contributed by atoms with Crippen LogP contribution in [0, 0.1) is 0 Å². The number of amides is 4. The number of nitrogens with one attached hydrogen (secondary N) is 2. The number of aromatic nitrogens is 1. The first-order valence-electron chi connectivity index (χ1n) is 8.87. The zero-order valence-electron chi connectivity index (χ0n) is 15.8. The molecule has 1 fully saturated rings. The van der Waals surface area contributed by atoms with Crippen molar-refractivity contribution in [2.75, 3.05) is 11.9 Å². The van der Waals surface area contributed by atoms with E-state index in [0.29, 0.717) is 17.2 Å². The summed E-state index contributed by atoms with van der Waals surface area (Å²) in [5, 5.41) is 5.38. The Kier molecular flexibility index (Phi) is 5.38. The number of hydrogen-bond donors (Lipinski definition) is 2. The molecule has 0 unspecified atom stereocenters. The lowest BCUT2D eigenvalue weighted by Gasteiger charge is -2.22. The first-order chi connectivity index (χ1) is 13.2. The standard InChI is InChI=1S/C20H21ClN4O3/c1-12(2)13-6-8-14(9-7-13)20(3)18(27)25(19(28)24-20)11-16(26)23-15-5-4-10-22-17(15)21/h4-10,12H,11H2,1-3H3,(H,23,26)(H,24,28)/t20-/m0/s1. The largest absolute Gasteiger partial charge is 0.325 e. The van der Waals surface area contributed by atoms with Crippen LogP contribution in [0.2, 0.25) is 5.15 Å². The van der Waals surface area contributed by atoms with Crippen LogP contribution in [0.15, 0.2) is 42.6 Å². The minimum atomic E-state index is -1.22. The summed E-state index contributed by atoms with van der Waals surface area (Å²) in [6, 6.07) is 10.1. The highest BCUT2D eigenvalue weighted by molar-refractivity contribution is 6.32. The second-order valence-corrected chi connectivity index (χ2v) is 7.47. The summed E-state index contributed by atoms with van der Waals surface area (Å²) in [4.78, 5) is 42.4. The number of nitrogens with zero attached hydrogens (tertiary/aromatic N) is 2. The lowest BCUT2D eigenvalue weighted by Crippen LogP contribution is -2.42. The monoisotopic (exact) mass is 400 g/mol. The van der Waals surface area contributed by atoms with E-state index in [9.17, 15) is 14.4 Å². The van der Waals surface area contributed by atoms with E-state index >= 15 is 0 Å². The number of carbonyl (C=O) groups excluding carboxylic acids is 3. The van der Waals surface area contributed by atoms with Crippen molar-refractivity contribution in [3.8, 4) is 0 Å². The van der Waals surface area contributed by atoms with Crippen molar-refractivity contribution in [1.29, 1.82) is 0 Å². The van der Waals surface area contributed by atoms with Crippen LogP contribution in [0.5, 0.6) is 0 Å². The highest BCUT2D eigenvalue weighted by Gasteiger charge is 2.49. The van der Waals surface area contributed by atoms with Gasteiger partial charge in [0.1, 0.15) is 12.1 Å². The van der Waals surface area contributed by atoms with Crippen molar-refractivity contribution in [3.63, 3.8) is 0 Å². The molecule has 146 valence electrons. The van der Waals surface area contributed by atoms with Gasteiger partial charge in [0.05, 0.1) is 5.69 Å². The summed E-state index contributed by atoms with van der Waals surface area (Å²) in [6.07, 6.45) is 1.49. The van der Waals surface area contributed by atoms with Gasteiger partial charge in [0.25, 0.3) is 5.91 Å². The Balaban J connectivity index is 1.75. The van der Waals surface area contributed by atoms with E-state index < -0.39 is 29.9 Å². The van der Waals surface area contributed by atoms with Crippen molar-refractivity contribution in [1.82, 2.24) is 15.2 Å². The average Bonchev–Trinajstić information content (AvgIpc) is 2.88. The Labute approximate surface area is 168 Å². The fraction of sp³-hybridized carbons (Fsp3) is 0.300. The number of pyridine rings is 1. The van der Waals surface area contributed by atoms with Gasteiger partial charge in [-0.3, -0.25) is 14.5 Å². The Morgan fingerprint density at radius 3 is 2.54 bits per heavy atom. The van der Waals surface area contributed by atoms with Crippen LogP contribution >= 0.6 is 11.6 Å². The van der Waals surface area contributed by atoms with Crippen molar-refractivity contribution < 1.29 is 14.4 Å². The molecule has 0 bridgehead atoms. The predicted octanol–water partition coefficient (Wildman–Crippen LogP) is 3.26. The van der Waals surface area contributed by atoms with Gasteiger partial charge in [-0.25, -0.2) is 9.78 Å². The second-order valence-electron chi connectivity index (χ2n) is 7.11. The van der Waals surface area contributed by atoms with Crippen molar-refractivity contribution in [2.45, 2.75) is 32.2 Å². The zero-order valence-corrected chi connectivity index (χ0v) is 16.6. The normalized spacial score (nSPS) is 19.1. The summed E-state index contributed by atoms with van der Waals surface area (Å²) in [6.45, 7) is 5.37. The van der Waals surface area contributed by atoms with Crippen LogP contribution in [-0.4, -0.2) is 34.3 Å². The molecule has 1 aromatic heterocycles. The Hall–Kier alpha value is -2.93. The summed E-state index contributed by atoms with van der Waals surface area (Å²) < 4.78 is 0. The van der Waals surface area contributed by atoms with Gasteiger partial charge < -0.3 is 10.6 Å². The molecule has 2 heterocycles. The highest BCUT2D eigenvalue weighted by Crippen LogP contribution is 2.30. The van der Waals surface area contributed by atoms with Crippen LogP contribution in [0.1, 0.15) is 37.8 Å². The molecule has 2 N–H and O–H groups in total. The maximum Gasteiger partial charge on any atom is 0.325 e. The van der Waals surface area contributed by atoms with E-state index in [1.807, 2.05) is 24.3 Å². The summed E-state index contributed by atoms with van der Waals surface area (Å²) >= 11 is 5.92. The summed E-state index contributed by atoms with van der Waals surface area (Å²) in [5.41, 5.74) is 0.883. The number of benzene rings is 1. The molecule has 1 aliphatic heterocycles. The minimum absolute atomic E-state index is 0.128. The molecule has 3 rings (SSSR count). The van der Waals surface area contributed by atoms with Crippen LogP contribution in [0.25, 0.3) is 0 Å². The molecule has 4 amide bonds. The van der Waals surface area contributed by atoms with Crippen LogP contribution in [-0.2, 0) is 15.1 Å². The van der Waals surface area contributed by atoms with Gasteiger partial charge in [-0.15, -0.1) is 0 Å². The van der Waals surface area contributed by atoms with E-state index in [1.165, 1.54) is 6.20 Å². The van der Waals surface area contributed by atoms with Crippen molar-refractivity contribution in [2.24, 2.45) is 0 Å². The number of rotatable bonds is 5. The summed E-state index contributed by atoms with van der Waals surface area (Å²) in [5.74, 6) is -0.671. The molecule has 1 aliphatic rings. The first-order valence-corrected chi connectivity index (χ1v) is 9.25. The lowest BCUT2D eigenvalue weighted by atomic mass is 9.90. The van der Waals surface area contributed by atoms with Crippen LogP contribution in [0.4, 0.5) is 10.5 Å². The minimum Gasteiger partial charge on any atom is -0.322 e. The molecular formula is C20H21ClN4O3. The first kappa shape index (κ1) is 19.8. The SMILES string of the molecule is CC(C)c1ccc([C@]2(C)NC(=O)N(CC(=O)Nc3cccnc3Cl)C2=O)cc1. The van der Waals surface area contributed by atoms with E-state index in [2.05, 4.69) is 29.5 Å². The average molecular weight is 401 g/mol. The van der Waals surface area contributed by atoms with Crippen LogP contribution < -0.4 is 10.6 Å². The van der Waals surface area contributed by atoms with E-state index in [-0.39, 0.29) is 5.15 Å². The highest BCUT2D eigenvalue weighted by atomic mass is 35.5. The van der Waals surface area contributed by atoms with Gasteiger partial charge in [0, 0.05) is 6.20 Å². The van der Waals surface area contributed by atoms with Crippen molar-refractivity contribution >= 4 is 35.1 Å². The smallest absolute Gasteiger partial charge is 0.322 e. The topological polar surface area (TPSA) is 91.4 Å². The third-order valence-electron chi connectivity index (χ3n) is 4.76. The number of carbonyl (C=O) groups is 3. The number of anilines is 1. The number of halogens is 1. The van der Waals surface area contributed by atoms with Gasteiger partial charge in [-0.2, -0.15) is 0 Å².